The summed E-state index contributed by atoms with van der Waals surface area (Å²) in [6.07, 6.45) is 1.37. The van der Waals surface area contributed by atoms with Crippen LogP contribution in [0.15, 0.2) is 24.3 Å². The van der Waals surface area contributed by atoms with Crippen molar-refractivity contribution in [1.29, 1.82) is 0 Å². The molecule has 0 radical (unpaired) electrons. The van der Waals surface area contributed by atoms with Gasteiger partial charge in [-0.25, -0.2) is 9.78 Å². The summed E-state index contributed by atoms with van der Waals surface area (Å²) in [6.45, 7) is 11.7. The molecule has 18 heavy (non-hydrogen) atoms. The molecule has 1 heterocycles. The SMILES string of the molecule is CC(C)c1cccc(C(C)C)c1.CC1CCOO1. The number of benzene rings is 1. The highest BCUT2D eigenvalue weighted by Gasteiger charge is 2.09. The molecule has 1 aliphatic heterocycles. The van der Waals surface area contributed by atoms with Gasteiger partial charge in [-0.15, -0.1) is 0 Å². The average Bonchev–Trinajstić information content (AvgIpc) is 2.81. The molecule has 102 valence electrons. The Morgan fingerprint density at radius 3 is 1.89 bits per heavy atom. The van der Waals surface area contributed by atoms with Crippen LogP contribution in [0, 0.1) is 0 Å². The molecule has 1 aromatic rings. The number of hydrogen-bond acceptors (Lipinski definition) is 2. The molecule has 1 aromatic carbocycles. The van der Waals surface area contributed by atoms with Crippen molar-refractivity contribution in [3.63, 3.8) is 0 Å². The Kier molecular flexibility index (Phi) is 6.37. The molecule has 1 aliphatic rings. The van der Waals surface area contributed by atoms with E-state index in [2.05, 4.69) is 61.7 Å². The topological polar surface area (TPSA) is 18.5 Å². The molecule has 1 saturated heterocycles. The van der Waals surface area contributed by atoms with E-state index in [1.54, 1.807) is 0 Å². The van der Waals surface area contributed by atoms with Gasteiger partial charge in [0.1, 0.15) is 0 Å². The smallest absolute Gasteiger partial charge is 0.0925 e. The highest BCUT2D eigenvalue weighted by molar-refractivity contribution is 5.27. The predicted molar refractivity (Wildman–Crippen MR) is 75.7 cm³/mol. The fourth-order valence-electron chi connectivity index (χ4n) is 1.70. The first-order valence-corrected chi connectivity index (χ1v) is 6.88. The standard InChI is InChI=1S/C12H18.C4H8O2/c1-9(2)11-6-5-7-12(8-11)10(3)4;1-4-2-3-5-6-4/h5-10H,1-4H3;4H,2-3H2,1H3. The van der Waals surface area contributed by atoms with Crippen molar-refractivity contribution in [1.82, 2.24) is 0 Å². The Balaban J connectivity index is 0.000000225. The lowest BCUT2D eigenvalue weighted by Gasteiger charge is -2.09. The van der Waals surface area contributed by atoms with Crippen LogP contribution in [0.5, 0.6) is 0 Å². The molecule has 1 atom stereocenters. The third-order valence-electron chi connectivity index (χ3n) is 3.08. The Morgan fingerprint density at radius 1 is 1.06 bits per heavy atom. The van der Waals surface area contributed by atoms with Crippen LogP contribution in [0.3, 0.4) is 0 Å². The molecule has 2 rings (SSSR count). The zero-order valence-corrected chi connectivity index (χ0v) is 12.3. The first-order valence-electron chi connectivity index (χ1n) is 6.88. The molecular formula is C16H26O2. The van der Waals surface area contributed by atoms with Crippen LogP contribution in [0.25, 0.3) is 0 Å². The first kappa shape index (κ1) is 15.2. The lowest BCUT2D eigenvalue weighted by molar-refractivity contribution is -0.270. The minimum Gasteiger partial charge on any atom is -0.236 e. The number of hydrogen-bond donors (Lipinski definition) is 0. The van der Waals surface area contributed by atoms with E-state index in [4.69, 9.17) is 0 Å². The Labute approximate surface area is 111 Å². The van der Waals surface area contributed by atoms with E-state index in [1.807, 2.05) is 6.92 Å². The molecule has 0 bridgehead atoms. The van der Waals surface area contributed by atoms with Gasteiger partial charge in [-0.05, 0) is 29.9 Å². The monoisotopic (exact) mass is 250 g/mol. The Bertz CT molecular complexity index is 315. The lowest BCUT2D eigenvalue weighted by atomic mass is 9.96. The van der Waals surface area contributed by atoms with E-state index in [0.29, 0.717) is 17.9 Å². The van der Waals surface area contributed by atoms with Crippen molar-refractivity contribution in [2.24, 2.45) is 0 Å². The second kappa shape index (κ2) is 7.55. The van der Waals surface area contributed by atoms with Gasteiger partial charge in [0.05, 0.1) is 12.7 Å². The maximum Gasteiger partial charge on any atom is 0.0925 e. The molecule has 1 fully saturated rings. The van der Waals surface area contributed by atoms with Crippen molar-refractivity contribution < 1.29 is 9.78 Å². The fraction of sp³-hybridized carbons (Fsp3) is 0.625. The van der Waals surface area contributed by atoms with Gasteiger partial charge in [0.25, 0.3) is 0 Å². The van der Waals surface area contributed by atoms with Crippen LogP contribution in [-0.4, -0.2) is 12.7 Å². The summed E-state index contributed by atoms with van der Waals surface area (Å²) in [6, 6.07) is 8.88. The summed E-state index contributed by atoms with van der Waals surface area (Å²) in [7, 11) is 0. The quantitative estimate of drug-likeness (QED) is 0.711. The number of rotatable bonds is 2. The maximum absolute atomic E-state index is 4.65. The van der Waals surface area contributed by atoms with Crippen LogP contribution in [0.4, 0.5) is 0 Å². The van der Waals surface area contributed by atoms with Crippen LogP contribution in [0.2, 0.25) is 0 Å². The van der Waals surface area contributed by atoms with Gasteiger partial charge in [0.2, 0.25) is 0 Å². The first-order chi connectivity index (χ1) is 8.50. The normalized spacial score (nSPS) is 18.9. The van der Waals surface area contributed by atoms with E-state index in [-0.39, 0.29) is 0 Å². The van der Waals surface area contributed by atoms with Gasteiger partial charge in [-0.3, -0.25) is 0 Å². The summed E-state index contributed by atoms with van der Waals surface area (Å²) in [4.78, 5) is 9.21. The van der Waals surface area contributed by atoms with Crippen molar-refractivity contribution in [3.05, 3.63) is 35.4 Å². The second-order valence-corrected chi connectivity index (χ2v) is 5.50. The summed E-state index contributed by atoms with van der Waals surface area (Å²) in [5.41, 5.74) is 2.89. The molecule has 1 unspecified atom stereocenters. The zero-order chi connectivity index (χ0) is 13.5. The predicted octanol–water partition coefficient (Wildman–Crippen LogP) is 4.66. The minimum absolute atomic E-state index is 0.324. The van der Waals surface area contributed by atoms with Crippen LogP contribution in [0.1, 0.15) is 64.0 Å². The van der Waals surface area contributed by atoms with Gasteiger partial charge < -0.3 is 0 Å². The molecule has 0 aliphatic carbocycles. The highest BCUT2D eigenvalue weighted by Crippen LogP contribution is 2.20. The van der Waals surface area contributed by atoms with Gasteiger partial charge in [-0.2, -0.15) is 0 Å². The van der Waals surface area contributed by atoms with Crippen LogP contribution >= 0.6 is 0 Å². The third-order valence-corrected chi connectivity index (χ3v) is 3.08. The molecular weight excluding hydrogens is 224 g/mol. The molecule has 2 nitrogen and oxygen atoms in total. The molecule has 0 aromatic heterocycles. The van der Waals surface area contributed by atoms with E-state index < -0.39 is 0 Å². The van der Waals surface area contributed by atoms with Gasteiger partial charge in [0.15, 0.2) is 0 Å². The molecule has 0 spiro atoms. The Hall–Kier alpha value is -0.860. The summed E-state index contributed by atoms with van der Waals surface area (Å²) in [5, 5.41) is 0. The van der Waals surface area contributed by atoms with Crippen molar-refractivity contribution in [3.8, 4) is 0 Å². The molecule has 0 N–H and O–H groups in total. The van der Waals surface area contributed by atoms with Gasteiger partial charge >= 0.3 is 0 Å². The van der Waals surface area contributed by atoms with Crippen molar-refractivity contribution in [2.45, 2.75) is 59.0 Å². The van der Waals surface area contributed by atoms with Gasteiger partial charge in [0, 0.05) is 6.42 Å². The molecule has 2 heteroatoms. The summed E-state index contributed by atoms with van der Waals surface area (Å²) < 4.78 is 0. The second-order valence-electron chi connectivity index (χ2n) is 5.50. The zero-order valence-electron chi connectivity index (χ0n) is 12.3. The van der Waals surface area contributed by atoms with E-state index >= 15 is 0 Å². The van der Waals surface area contributed by atoms with Crippen LogP contribution in [-0.2, 0) is 9.78 Å². The highest BCUT2D eigenvalue weighted by atomic mass is 17.2. The van der Waals surface area contributed by atoms with E-state index in [1.165, 1.54) is 11.1 Å². The lowest BCUT2D eigenvalue weighted by Crippen LogP contribution is -1.93. The summed E-state index contributed by atoms with van der Waals surface area (Å²) >= 11 is 0. The minimum atomic E-state index is 0.324. The van der Waals surface area contributed by atoms with Crippen molar-refractivity contribution in [2.75, 3.05) is 6.61 Å². The largest absolute Gasteiger partial charge is 0.236 e. The molecule has 0 amide bonds. The summed E-state index contributed by atoms with van der Waals surface area (Å²) in [5.74, 6) is 1.28. The van der Waals surface area contributed by atoms with E-state index in [9.17, 15) is 0 Å². The molecule has 0 saturated carbocycles. The third kappa shape index (κ3) is 5.19. The van der Waals surface area contributed by atoms with Crippen LogP contribution < -0.4 is 0 Å². The fourth-order valence-corrected chi connectivity index (χ4v) is 1.70. The average molecular weight is 250 g/mol. The van der Waals surface area contributed by atoms with Gasteiger partial charge in [-0.1, -0.05) is 52.0 Å². The van der Waals surface area contributed by atoms with Crippen molar-refractivity contribution >= 4 is 0 Å². The maximum atomic E-state index is 4.65. The Morgan fingerprint density at radius 2 is 1.61 bits per heavy atom. The van der Waals surface area contributed by atoms with E-state index in [0.717, 1.165) is 13.0 Å².